The molecule has 1 aliphatic rings. The number of rotatable bonds is 12. The fourth-order valence-corrected chi connectivity index (χ4v) is 6.12. The highest BCUT2D eigenvalue weighted by molar-refractivity contribution is 8.00. The summed E-state index contributed by atoms with van der Waals surface area (Å²) < 4.78 is 23.2. The van der Waals surface area contributed by atoms with Crippen molar-refractivity contribution in [3.63, 3.8) is 0 Å². The average molecular weight is 634 g/mol. The number of ether oxygens (including phenoxy) is 4. The molecule has 0 saturated carbocycles. The number of carbonyl (C=O) groups excluding carboxylic acids is 2. The Morgan fingerprint density at radius 1 is 0.978 bits per heavy atom. The summed E-state index contributed by atoms with van der Waals surface area (Å²) in [6, 6.07) is 24.2. The molecule has 1 aliphatic heterocycles. The SMILES string of the molecule is COC(=O)c1ccc(-c2ccc(CCN(C[C@@H](OC3CCCCO3)c3ccccc3)C(=O)OC(C)(C)C)cc2)cc1SC(C)C. The number of benzene rings is 3. The maximum Gasteiger partial charge on any atom is 0.410 e. The summed E-state index contributed by atoms with van der Waals surface area (Å²) in [7, 11) is 1.41. The monoisotopic (exact) mass is 633 g/mol. The van der Waals surface area contributed by atoms with Crippen LogP contribution in [0.3, 0.4) is 0 Å². The first kappa shape index (κ1) is 34.5. The number of carbonyl (C=O) groups is 2. The van der Waals surface area contributed by atoms with E-state index in [0.717, 1.165) is 46.4 Å². The number of hydrogen-bond donors (Lipinski definition) is 0. The molecule has 3 aromatic carbocycles. The van der Waals surface area contributed by atoms with Crippen LogP contribution >= 0.6 is 11.8 Å². The summed E-state index contributed by atoms with van der Waals surface area (Å²) in [4.78, 5) is 28.4. The van der Waals surface area contributed by atoms with Gasteiger partial charge in [-0.25, -0.2) is 9.59 Å². The van der Waals surface area contributed by atoms with Crippen molar-refractivity contribution >= 4 is 23.8 Å². The Kier molecular flexibility index (Phi) is 12.5. The Morgan fingerprint density at radius 3 is 2.31 bits per heavy atom. The van der Waals surface area contributed by atoms with Gasteiger partial charge in [-0.05, 0) is 80.8 Å². The second-order valence-corrected chi connectivity index (χ2v) is 14.2. The molecule has 4 rings (SSSR count). The molecule has 1 saturated heterocycles. The summed E-state index contributed by atoms with van der Waals surface area (Å²) in [6.07, 6.45) is 2.57. The van der Waals surface area contributed by atoms with Crippen LogP contribution in [0.2, 0.25) is 0 Å². The van der Waals surface area contributed by atoms with E-state index in [4.69, 9.17) is 18.9 Å². The van der Waals surface area contributed by atoms with E-state index in [2.05, 4.69) is 44.2 Å². The molecule has 242 valence electrons. The third kappa shape index (κ3) is 10.6. The molecule has 1 amide bonds. The minimum Gasteiger partial charge on any atom is -0.465 e. The molecule has 1 fully saturated rings. The van der Waals surface area contributed by atoms with E-state index >= 15 is 0 Å². The van der Waals surface area contributed by atoms with Gasteiger partial charge in [0.25, 0.3) is 0 Å². The van der Waals surface area contributed by atoms with Crippen molar-refractivity contribution in [3.8, 4) is 11.1 Å². The van der Waals surface area contributed by atoms with Crippen LogP contribution in [0, 0.1) is 0 Å². The summed E-state index contributed by atoms with van der Waals surface area (Å²) in [5, 5.41) is 0.320. The van der Waals surface area contributed by atoms with E-state index in [-0.39, 0.29) is 24.5 Å². The minimum atomic E-state index is -0.622. The van der Waals surface area contributed by atoms with Gasteiger partial charge in [-0.2, -0.15) is 0 Å². The first-order chi connectivity index (χ1) is 21.5. The molecular formula is C37H47NO6S. The molecule has 1 heterocycles. The molecule has 0 N–H and O–H groups in total. The average Bonchev–Trinajstić information content (AvgIpc) is 3.02. The Balaban J connectivity index is 1.51. The normalized spacial score (nSPS) is 15.8. The predicted molar refractivity (Wildman–Crippen MR) is 180 cm³/mol. The minimum absolute atomic E-state index is 0.293. The lowest BCUT2D eigenvalue weighted by molar-refractivity contribution is -0.192. The second-order valence-electron chi connectivity index (χ2n) is 12.6. The van der Waals surface area contributed by atoms with Crippen LogP contribution in [0.5, 0.6) is 0 Å². The fourth-order valence-electron chi connectivity index (χ4n) is 5.14. The van der Waals surface area contributed by atoms with Gasteiger partial charge in [0.15, 0.2) is 6.29 Å². The zero-order valence-electron chi connectivity index (χ0n) is 27.4. The first-order valence-corrected chi connectivity index (χ1v) is 16.7. The highest BCUT2D eigenvalue weighted by Crippen LogP contribution is 2.32. The number of esters is 1. The van der Waals surface area contributed by atoms with Crippen molar-refractivity contribution in [3.05, 3.63) is 89.5 Å². The van der Waals surface area contributed by atoms with Crippen LogP contribution in [0.25, 0.3) is 11.1 Å². The second kappa shape index (κ2) is 16.3. The third-order valence-electron chi connectivity index (χ3n) is 7.37. The lowest BCUT2D eigenvalue weighted by Gasteiger charge is -2.33. The molecule has 0 spiro atoms. The van der Waals surface area contributed by atoms with E-state index < -0.39 is 5.60 Å². The third-order valence-corrected chi connectivity index (χ3v) is 8.43. The van der Waals surface area contributed by atoms with Gasteiger partial charge in [-0.1, -0.05) is 74.5 Å². The molecule has 0 radical (unpaired) electrons. The van der Waals surface area contributed by atoms with Gasteiger partial charge in [0.2, 0.25) is 0 Å². The Hall–Kier alpha value is -3.33. The van der Waals surface area contributed by atoms with Crippen LogP contribution in [0.15, 0.2) is 77.7 Å². The van der Waals surface area contributed by atoms with E-state index in [9.17, 15) is 9.59 Å². The number of amides is 1. The van der Waals surface area contributed by atoms with E-state index in [1.54, 1.807) is 16.7 Å². The van der Waals surface area contributed by atoms with Crippen molar-refractivity contribution in [2.75, 3.05) is 26.8 Å². The van der Waals surface area contributed by atoms with Gasteiger partial charge in [0.05, 0.1) is 19.2 Å². The van der Waals surface area contributed by atoms with E-state index in [1.807, 2.05) is 63.2 Å². The first-order valence-electron chi connectivity index (χ1n) is 15.8. The van der Waals surface area contributed by atoms with Crippen LogP contribution < -0.4 is 0 Å². The van der Waals surface area contributed by atoms with Gasteiger partial charge in [0, 0.05) is 23.3 Å². The van der Waals surface area contributed by atoms with Crippen molar-refractivity contribution in [2.45, 2.75) is 88.4 Å². The zero-order chi connectivity index (χ0) is 32.4. The lowest BCUT2D eigenvalue weighted by atomic mass is 10.0. The smallest absolute Gasteiger partial charge is 0.410 e. The van der Waals surface area contributed by atoms with Crippen LogP contribution in [0.4, 0.5) is 4.79 Å². The van der Waals surface area contributed by atoms with E-state index in [0.29, 0.717) is 36.9 Å². The van der Waals surface area contributed by atoms with Gasteiger partial charge in [0.1, 0.15) is 11.7 Å². The van der Waals surface area contributed by atoms with Crippen LogP contribution in [-0.4, -0.2) is 60.9 Å². The maximum absolute atomic E-state index is 13.5. The molecule has 7 nitrogen and oxygen atoms in total. The Bertz CT molecular complexity index is 1380. The van der Waals surface area contributed by atoms with Crippen molar-refractivity contribution in [2.24, 2.45) is 0 Å². The number of methoxy groups -OCH3 is 1. The standard InChI is InChI=1S/C37H47NO6S/c1-26(2)45-33-24-30(19-20-31(33)35(39)41-6)28-17-15-27(16-18-28)21-22-38(36(40)44-37(3,4)5)25-32(29-12-8-7-9-13-29)43-34-14-10-11-23-42-34/h7-9,12-13,15-20,24,26,32,34H,10-11,14,21-23,25H2,1-6H3/t32-,34?/m1/s1. The van der Waals surface area contributed by atoms with Crippen molar-refractivity contribution < 1.29 is 28.5 Å². The fraction of sp³-hybridized carbons (Fsp3) is 0.459. The molecule has 0 aliphatic carbocycles. The van der Waals surface area contributed by atoms with Gasteiger partial charge >= 0.3 is 12.1 Å². The molecule has 3 aromatic rings. The summed E-state index contributed by atoms with van der Waals surface area (Å²) in [5.41, 5.74) is 4.13. The number of hydrogen-bond acceptors (Lipinski definition) is 7. The zero-order valence-corrected chi connectivity index (χ0v) is 28.2. The molecular weight excluding hydrogens is 586 g/mol. The molecule has 0 aromatic heterocycles. The van der Waals surface area contributed by atoms with Gasteiger partial charge in [-0.3, -0.25) is 0 Å². The Morgan fingerprint density at radius 2 is 1.69 bits per heavy atom. The van der Waals surface area contributed by atoms with Crippen molar-refractivity contribution in [1.29, 1.82) is 0 Å². The number of thioether (sulfide) groups is 1. The van der Waals surface area contributed by atoms with Gasteiger partial charge < -0.3 is 23.8 Å². The summed E-state index contributed by atoms with van der Waals surface area (Å²) in [6.45, 7) is 11.3. The maximum atomic E-state index is 13.5. The quantitative estimate of drug-likeness (QED) is 0.146. The lowest BCUT2D eigenvalue weighted by Crippen LogP contribution is -2.41. The molecule has 2 atom stereocenters. The van der Waals surface area contributed by atoms with Crippen LogP contribution in [0.1, 0.15) is 81.5 Å². The highest BCUT2D eigenvalue weighted by atomic mass is 32.2. The van der Waals surface area contributed by atoms with Crippen LogP contribution in [-0.2, 0) is 25.4 Å². The van der Waals surface area contributed by atoms with Gasteiger partial charge in [-0.15, -0.1) is 11.8 Å². The summed E-state index contributed by atoms with van der Waals surface area (Å²) >= 11 is 1.64. The topological polar surface area (TPSA) is 74.3 Å². The molecule has 0 bridgehead atoms. The largest absolute Gasteiger partial charge is 0.465 e. The Labute approximate surface area is 272 Å². The molecule has 1 unspecified atom stereocenters. The molecule has 8 heteroatoms. The number of nitrogens with zero attached hydrogens (tertiary/aromatic N) is 1. The summed E-state index contributed by atoms with van der Waals surface area (Å²) in [5.74, 6) is -0.333. The molecule has 45 heavy (non-hydrogen) atoms. The van der Waals surface area contributed by atoms with E-state index in [1.165, 1.54) is 7.11 Å². The highest BCUT2D eigenvalue weighted by Gasteiger charge is 2.28. The predicted octanol–water partition coefficient (Wildman–Crippen LogP) is 8.70. The van der Waals surface area contributed by atoms with Crippen molar-refractivity contribution in [1.82, 2.24) is 4.90 Å².